The van der Waals surface area contributed by atoms with E-state index in [1.165, 1.54) is 18.5 Å². The summed E-state index contributed by atoms with van der Waals surface area (Å²) < 4.78 is 5.28. The lowest BCUT2D eigenvalue weighted by molar-refractivity contribution is -0.121. The van der Waals surface area contributed by atoms with Crippen molar-refractivity contribution in [3.05, 3.63) is 59.2 Å². The summed E-state index contributed by atoms with van der Waals surface area (Å²) in [7, 11) is 1.66. The Morgan fingerprint density at radius 3 is 2.46 bits per heavy atom. The van der Waals surface area contributed by atoms with E-state index in [0.717, 1.165) is 41.4 Å². The summed E-state index contributed by atoms with van der Waals surface area (Å²) >= 11 is 0. The van der Waals surface area contributed by atoms with Crippen molar-refractivity contribution < 1.29 is 9.53 Å². The van der Waals surface area contributed by atoms with Crippen LogP contribution in [0, 0.1) is 12.8 Å². The number of amides is 1. The molecule has 1 aliphatic heterocycles. The van der Waals surface area contributed by atoms with Crippen LogP contribution < -0.4 is 15.0 Å². The number of piperidine rings is 1. The molecule has 1 aliphatic rings. The number of methoxy groups -OCH3 is 1. The molecule has 0 bridgehead atoms. The summed E-state index contributed by atoms with van der Waals surface area (Å²) in [6.45, 7) is 8.63. The van der Waals surface area contributed by atoms with Crippen LogP contribution >= 0.6 is 0 Å². The summed E-state index contributed by atoms with van der Waals surface area (Å²) in [5.41, 5.74) is 4.46. The van der Waals surface area contributed by atoms with Crippen molar-refractivity contribution in [1.82, 2.24) is 5.32 Å². The molecule has 2 aromatic rings. The largest absolute Gasteiger partial charge is 0.496 e. The first kappa shape index (κ1) is 20.2. The van der Waals surface area contributed by atoms with Gasteiger partial charge in [-0.3, -0.25) is 4.79 Å². The number of aryl methyl sites for hydroxylation is 1. The van der Waals surface area contributed by atoms with E-state index in [1.54, 1.807) is 7.11 Å². The molecule has 3 rings (SSSR count). The van der Waals surface area contributed by atoms with E-state index in [9.17, 15) is 4.79 Å². The normalized spacial score (nSPS) is 15.9. The van der Waals surface area contributed by atoms with E-state index in [-0.39, 0.29) is 11.9 Å². The van der Waals surface area contributed by atoms with Crippen LogP contribution in [0.15, 0.2) is 42.5 Å². The Balaban J connectivity index is 1.55. The lowest BCUT2D eigenvalue weighted by Crippen LogP contribution is -2.32. The van der Waals surface area contributed by atoms with Gasteiger partial charge in [-0.05, 0) is 67.5 Å². The highest BCUT2D eigenvalue weighted by Crippen LogP contribution is 2.25. The maximum atomic E-state index is 12.5. The molecule has 28 heavy (non-hydrogen) atoms. The van der Waals surface area contributed by atoms with E-state index >= 15 is 0 Å². The molecule has 4 nitrogen and oxygen atoms in total. The minimum atomic E-state index is -0.0118. The van der Waals surface area contributed by atoms with Crippen molar-refractivity contribution in [2.45, 2.75) is 46.1 Å². The number of carbonyl (C=O) groups excluding carboxylic acids is 1. The van der Waals surface area contributed by atoms with Crippen LogP contribution in [0.1, 0.15) is 49.4 Å². The van der Waals surface area contributed by atoms with Crippen LogP contribution in [-0.4, -0.2) is 26.1 Å². The van der Waals surface area contributed by atoms with E-state index in [2.05, 4.69) is 41.4 Å². The van der Waals surface area contributed by atoms with Crippen LogP contribution in [-0.2, 0) is 11.2 Å². The Morgan fingerprint density at radius 1 is 1.18 bits per heavy atom. The minimum Gasteiger partial charge on any atom is -0.496 e. The monoisotopic (exact) mass is 380 g/mol. The van der Waals surface area contributed by atoms with Gasteiger partial charge in [0.05, 0.1) is 19.6 Å². The van der Waals surface area contributed by atoms with Crippen molar-refractivity contribution in [3.8, 4) is 5.75 Å². The summed E-state index contributed by atoms with van der Waals surface area (Å²) in [5, 5.41) is 3.11. The van der Waals surface area contributed by atoms with Crippen molar-refractivity contribution in [2.24, 2.45) is 5.92 Å². The lowest BCUT2D eigenvalue weighted by atomic mass is 9.98. The van der Waals surface area contributed by atoms with E-state index in [4.69, 9.17) is 4.74 Å². The maximum absolute atomic E-state index is 12.5. The number of carbonyl (C=O) groups is 1. The van der Waals surface area contributed by atoms with E-state index in [0.29, 0.717) is 6.42 Å². The molecule has 0 saturated carbocycles. The molecule has 1 heterocycles. The van der Waals surface area contributed by atoms with Gasteiger partial charge in [0.2, 0.25) is 5.91 Å². The topological polar surface area (TPSA) is 41.6 Å². The zero-order valence-electron chi connectivity index (χ0n) is 17.5. The molecule has 0 aliphatic carbocycles. The zero-order valence-corrected chi connectivity index (χ0v) is 17.5. The van der Waals surface area contributed by atoms with Crippen LogP contribution in [0.4, 0.5) is 5.69 Å². The number of nitrogens with one attached hydrogen (secondary N) is 1. The average molecular weight is 381 g/mol. The Kier molecular flexibility index (Phi) is 6.61. The highest BCUT2D eigenvalue weighted by atomic mass is 16.5. The van der Waals surface area contributed by atoms with Gasteiger partial charge in [0.15, 0.2) is 0 Å². The Labute approximate surface area is 168 Å². The molecular weight excluding hydrogens is 348 g/mol. The second-order valence-corrected chi connectivity index (χ2v) is 8.03. The predicted molar refractivity (Wildman–Crippen MR) is 115 cm³/mol. The summed E-state index contributed by atoms with van der Waals surface area (Å²) in [5.74, 6) is 1.71. The zero-order chi connectivity index (χ0) is 20.1. The van der Waals surface area contributed by atoms with Gasteiger partial charge in [0, 0.05) is 18.8 Å². The van der Waals surface area contributed by atoms with E-state index in [1.807, 2.05) is 32.0 Å². The van der Waals surface area contributed by atoms with Gasteiger partial charge in [-0.15, -0.1) is 0 Å². The van der Waals surface area contributed by atoms with E-state index < -0.39 is 0 Å². The van der Waals surface area contributed by atoms with Gasteiger partial charge in [-0.25, -0.2) is 0 Å². The second-order valence-electron chi connectivity index (χ2n) is 8.03. The number of rotatable bonds is 6. The van der Waals surface area contributed by atoms with Crippen molar-refractivity contribution in [2.75, 3.05) is 25.1 Å². The number of nitrogens with zero attached hydrogens (tertiary/aromatic N) is 1. The van der Waals surface area contributed by atoms with Crippen LogP contribution in [0.25, 0.3) is 0 Å². The van der Waals surface area contributed by atoms with Crippen molar-refractivity contribution >= 4 is 11.6 Å². The fraction of sp³-hybridized carbons (Fsp3) is 0.458. The maximum Gasteiger partial charge on any atom is 0.224 e. The first-order valence-corrected chi connectivity index (χ1v) is 10.2. The Bertz CT molecular complexity index is 793. The van der Waals surface area contributed by atoms with Gasteiger partial charge in [-0.1, -0.05) is 31.2 Å². The fourth-order valence-corrected chi connectivity index (χ4v) is 3.85. The number of anilines is 1. The average Bonchev–Trinajstić information content (AvgIpc) is 2.69. The van der Waals surface area contributed by atoms with Crippen LogP contribution in [0.3, 0.4) is 0 Å². The number of ether oxygens (including phenoxy) is 1. The minimum absolute atomic E-state index is 0.0118. The Hall–Kier alpha value is -2.49. The summed E-state index contributed by atoms with van der Waals surface area (Å²) in [4.78, 5) is 14.9. The quantitative estimate of drug-likeness (QED) is 0.792. The molecule has 1 atom stereocenters. The summed E-state index contributed by atoms with van der Waals surface area (Å²) in [6, 6.07) is 14.5. The van der Waals surface area contributed by atoms with Crippen LogP contribution in [0.2, 0.25) is 0 Å². The highest BCUT2D eigenvalue weighted by Gasteiger charge is 2.16. The first-order valence-electron chi connectivity index (χ1n) is 10.2. The number of hydrogen-bond donors (Lipinski definition) is 1. The first-order chi connectivity index (χ1) is 13.5. The lowest BCUT2D eigenvalue weighted by Gasteiger charge is -2.32. The van der Waals surface area contributed by atoms with Crippen molar-refractivity contribution in [3.63, 3.8) is 0 Å². The third-order valence-electron chi connectivity index (χ3n) is 5.74. The SMILES string of the molecule is COc1ccc(CC(=O)N[C@H](C)c2ccc(N3CCC(C)CC3)cc2)cc1C. The molecule has 0 spiro atoms. The molecular formula is C24H32N2O2. The predicted octanol–water partition coefficient (Wildman–Crippen LogP) is 4.66. The van der Waals surface area contributed by atoms with Gasteiger partial charge in [0.25, 0.3) is 0 Å². The number of benzene rings is 2. The molecule has 0 unspecified atom stereocenters. The molecule has 4 heteroatoms. The molecule has 1 saturated heterocycles. The van der Waals surface area contributed by atoms with Crippen molar-refractivity contribution in [1.29, 1.82) is 0 Å². The third kappa shape index (κ3) is 5.06. The third-order valence-corrected chi connectivity index (χ3v) is 5.74. The highest BCUT2D eigenvalue weighted by molar-refractivity contribution is 5.79. The fourth-order valence-electron chi connectivity index (χ4n) is 3.85. The van der Waals surface area contributed by atoms with Gasteiger partial charge in [-0.2, -0.15) is 0 Å². The molecule has 1 amide bonds. The molecule has 0 radical (unpaired) electrons. The number of hydrogen-bond acceptors (Lipinski definition) is 3. The van der Waals surface area contributed by atoms with Gasteiger partial charge in [0.1, 0.15) is 5.75 Å². The second kappa shape index (κ2) is 9.13. The van der Waals surface area contributed by atoms with Gasteiger partial charge >= 0.3 is 0 Å². The summed E-state index contributed by atoms with van der Waals surface area (Å²) in [6.07, 6.45) is 2.90. The molecule has 1 fully saturated rings. The molecule has 1 N–H and O–H groups in total. The smallest absolute Gasteiger partial charge is 0.224 e. The van der Waals surface area contributed by atoms with Gasteiger partial charge < -0.3 is 15.0 Å². The molecule has 150 valence electrons. The Morgan fingerprint density at radius 2 is 1.86 bits per heavy atom. The molecule has 0 aromatic heterocycles. The molecule has 2 aromatic carbocycles. The standard InChI is InChI=1S/C24H32N2O2/c1-17-11-13-26(14-12-17)22-8-6-21(7-9-22)19(3)25-24(27)16-20-5-10-23(28-4)18(2)15-20/h5-10,15,17,19H,11-14,16H2,1-4H3,(H,25,27)/t19-/m1/s1. The van der Waals surface area contributed by atoms with Crippen LogP contribution in [0.5, 0.6) is 5.75 Å².